The summed E-state index contributed by atoms with van der Waals surface area (Å²) in [5.74, 6) is 0.829. The summed E-state index contributed by atoms with van der Waals surface area (Å²) in [5.41, 5.74) is 0.989. The third-order valence-corrected chi connectivity index (χ3v) is 1.88. The Morgan fingerprint density at radius 2 is 2.25 bits per heavy atom. The number of halogens is 1. The van der Waals surface area contributed by atoms with Crippen molar-refractivity contribution in [1.29, 1.82) is 0 Å². The minimum Gasteiger partial charge on any atom is -0.333 e. The Balaban J connectivity index is 2.45. The first-order valence-corrected chi connectivity index (χ1v) is 4.26. The molecule has 0 saturated heterocycles. The molecular weight excluding hydrogens is 218 g/mol. The topological polar surface area (TPSA) is 41.6 Å². The lowest BCUT2D eigenvalue weighted by Crippen LogP contribution is -1.80. The van der Waals surface area contributed by atoms with E-state index in [0.717, 1.165) is 16.0 Å². The summed E-state index contributed by atoms with van der Waals surface area (Å²) in [6.07, 6.45) is 5.23. The van der Waals surface area contributed by atoms with Gasteiger partial charge in [0.05, 0.1) is 6.20 Å². The fourth-order valence-electron chi connectivity index (χ4n) is 0.948. The van der Waals surface area contributed by atoms with E-state index in [0.29, 0.717) is 0 Å². The molecule has 0 saturated carbocycles. The van der Waals surface area contributed by atoms with Gasteiger partial charge < -0.3 is 4.98 Å². The third kappa shape index (κ3) is 1.38. The second-order valence-electron chi connectivity index (χ2n) is 2.32. The van der Waals surface area contributed by atoms with Crippen molar-refractivity contribution in [2.24, 2.45) is 0 Å². The molecule has 0 spiro atoms. The number of rotatable bonds is 1. The highest BCUT2D eigenvalue weighted by atomic mass is 79.9. The van der Waals surface area contributed by atoms with E-state index in [2.05, 4.69) is 30.9 Å². The second kappa shape index (κ2) is 3.06. The number of H-pyrrole nitrogens is 1. The van der Waals surface area contributed by atoms with Gasteiger partial charge in [-0.25, -0.2) is 4.98 Å². The fraction of sp³-hybridized carbons (Fsp3) is 0. The monoisotopic (exact) mass is 223 g/mol. The van der Waals surface area contributed by atoms with Crippen LogP contribution in [0.15, 0.2) is 35.3 Å². The maximum Gasteiger partial charge on any atom is 0.139 e. The first-order chi connectivity index (χ1) is 5.86. The summed E-state index contributed by atoms with van der Waals surface area (Å²) >= 11 is 3.29. The molecule has 2 aromatic rings. The van der Waals surface area contributed by atoms with Crippen LogP contribution >= 0.6 is 15.9 Å². The number of aromatic nitrogens is 3. The molecule has 2 aromatic heterocycles. The van der Waals surface area contributed by atoms with Crippen molar-refractivity contribution in [2.45, 2.75) is 0 Å². The molecule has 0 aliphatic carbocycles. The Labute approximate surface area is 78.0 Å². The molecule has 4 heteroatoms. The average Bonchev–Trinajstić information content (AvgIpc) is 2.54. The minimum absolute atomic E-state index is 0.829. The minimum atomic E-state index is 0.829. The molecular formula is C8H6BrN3. The predicted molar refractivity (Wildman–Crippen MR) is 49.5 cm³/mol. The third-order valence-electron chi connectivity index (χ3n) is 1.48. The van der Waals surface area contributed by atoms with E-state index in [4.69, 9.17) is 0 Å². The van der Waals surface area contributed by atoms with Crippen molar-refractivity contribution in [3.63, 3.8) is 0 Å². The van der Waals surface area contributed by atoms with E-state index in [1.807, 2.05) is 12.1 Å². The van der Waals surface area contributed by atoms with Gasteiger partial charge in [-0.3, -0.25) is 4.98 Å². The summed E-state index contributed by atoms with van der Waals surface area (Å²) in [6.45, 7) is 0. The zero-order valence-corrected chi connectivity index (χ0v) is 7.75. The average molecular weight is 224 g/mol. The van der Waals surface area contributed by atoms with E-state index in [1.54, 1.807) is 18.6 Å². The second-order valence-corrected chi connectivity index (χ2v) is 3.18. The first-order valence-electron chi connectivity index (χ1n) is 3.47. The summed E-state index contributed by atoms with van der Waals surface area (Å²) in [7, 11) is 0. The summed E-state index contributed by atoms with van der Waals surface area (Å²) in [6, 6.07) is 3.84. The van der Waals surface area contributed by atoms with Gasteiger partial charge >= 0.3 is 0 Å². The van der Waals surface area contributed by atoms with Crippen LogP contribution in [-0.2, 0) is 0 Å². The van der Waals surface area contributed by atoms with Crippen LogP contribution in [-0.4, -0.2) is 15.0 Å². The molecule has 0 unspecified atom stereocenters. The molecule has 3 nitrogen and oxygen atoms in total. The van der Waals surface area contributed by atoms with Crippen LogP contribution in [0.25, 0.3) is 11.4 Å². The van der Waals surface area contributed by atoms with Crippen LogP contribution in [0, 0.1) is 0 Å². The molecule has 0 bridgehead atoms. The lowest BCUT2D eigenvalue weighted by molar-refractivity contribution is 1.25. The van der Waals surface area contributed by atoms with Gasteiger partial charge in [-0.05, 0) is 28.1 Å². The Bertz CT molecular complexity index is 369. The molecule has 0 fully saturated rings. The Hall–Kier alpha value is -1.16. The van der Waals surface area contributed by atoms with Gasteiger partial charge in [-0.2, -0.15) is 0 Å². The van der Waals surface area contributed by atoms with Crippen LogP contribution in [0.1, 0.15) is 0 Å². The van der Waals surface area contributed by atoms with Crippen molar-refractivity contribution in [2.75, 3.05) is 0 Å². The Kier molecular flexibility index (Phi) is 1.91. The van der Waals surface area contributed by atoms with Gasteiger partial charge in [-0.15, -0.1) is 0 Å². The van der Waals surface area contributed by atoms with Crippen molar-refractivity contribution in [3.8, 4) is 11.4 Å². The van der Waals surface area contributed by atoms with Crippen LogP contribution in [0.3, 0.4) is 0 Å². The first kappa shape index (κ1) is 7.49. The molecule has 0 radical (unpaired) electrons. The number of nitrogens with one attached hydrogen (secondary N) is 1. The van der Waals surface area contributed by atoms with Crippen LogP contribution in [0.4, 0.5) is 0 Å². The highest BCUT2D eigenvalue weighted by Gasteiger charge is 1.99. The molecule has 0 aliphatic heterocycles. The van der Waals surface area contributed by atoms with E-state index in [9.17, 15) is 0 Å². The van der Waals surface area contributed by atoms with Gasteiger partial charge in [-0.1, -0.05) is 0 Å². The number of hydrogen-bond acceptors (Lipinski definition) is 2. The van der Waals surface area contributed by atoms with Crippen LogP contribution in [0.5, 0.6) is 0 Å². The molecule has 0 aromatic carbocycles. The molecule has 1 N–H and O–H groups in total. The van der Waals surface area contributed by atoms with E-state index >= 15 is 0 Å². The van der Waals surface area contributed by atoms with Crippen molar-refractivity contribution < 1.29 is 0 Å². The van der Waals surface area contributed by atoms with Gasteiger partial charge in [0.1, 0.15) is 10.4 Å². The molecule has 2 rings (SSSR count). The fourth-order valence-corrected chi connectivity index (χ4v) is 1.24. The predicted octanol–water partition coefficient (Wildman–Crippen LogP) is 2.23. The van der Waals surface area contributed by atoms with E-state index in [1.165, 1.54) is 0 Å². The van der Waals surface area contributed by atoms with Crippen molar-refractivity contribution in [3.05, 3.63) is 35.3 Å². The van der Waals surface area contributed by atoms with E-state index in [-0.39, 0.29) is 0 Å². The van der Waals surface area contributed by atoms with Crippen molar-refractivity contribution >= 4 is 15.9 Å². The Morgan fingerprint density at radius 1 is 1.33 bits per heavy atom. The molecule has 12 heavy (non-hydrogen) atoms. The molecule has 0 atom stereocenters. The number of aromatic amines is 1. The lowest BCUT2D eigenvalue weighted by Gasteiger charge is -1.92. The highest BCUT2D eigenvalue weighted by Crippen LogP contribution is 2.15. The maximum absolute atomic E-state index is 4.14. The highest BCUT2D eigenvalue weighted by molar-refractivity contribution is 9.10. The van der Waals surface area contributed by atoms with Gasteiger partial charge in [0.25, 0.3) is 0 Å². The zero-order chi connectivity index (χ0) is 8.39. The number of imidazole rings is 1. The largest absolute Gasteiger partial charge is 0.333 e. The summed E-state index contributed by atoms with van der Waals surface area (Å²) in [5, 5.41) is 0. The van der Waals surface area contributed by atoms with Crippen molar-refractivity contribution in [1.82, 2.24) is 15.0 Å². The summed E-state index contributed by atoms with van der Waals surface area (Å²) < 4.78 is 0.876. The van der Waals surface area contributed by atoms with Gasteiger partial charge in [0, 0.05) is 18.0 Å². The van der Waals surface area contributed by atoms with Crippen LogP contribution < -0.4 is 0 Å². The molecule has 60 valence electrons. The lowest BCUT2D eigenvalue weighted by atomic mass is 10.3. The molecule has 0 amide bonds. The SMILES string of the molecule is Brc1cnc(-c2cccnc2)[nH]1. The summed E-state index contributed by atoms with van der Waals surface area (Å²) in [4.78, 5) is 11.2. The molecule has 2 heterocycles. The van der Waals surface area contributed by atoms with Gasteiger partial charge in [0.2, 0.25) is 0 Å². The normalized spacial score (nSPS) is 10.1. The Morgan fingerprint density at radius 3 is 2.83 bits per heavy atom. The molecule has 0 aliphatic rings. The van der Waals surface area contributed by atoms with E-state index < -0.39 is 0 Å². The van der Waals surface area contributed by atoms with Crippen LogP contribution in [0.2, 0.25) is 0 Å². The standard InChI is InChI=1S/C8H6BrN3/c9-7-5-11-8(12-7)6-2-1-3-10-4-6/h1-5H,(H,11,12). The smallest absolute Gasteiger partial charge is 0.139 e. The maximum atomic E-state index is 4.14. The number of hydrogen-bond donors (Lipinski definition) is 1. The number of nitrogens with zero attached hydrogens (tertiary/aromatic N) is 2. The quantitative estimate of drug-likeness (QED) is 0.806. The zero-order valence-electron chi connectivity index (χ0n) is 6.16. The number of pyridine rings is 1. The van der Waals surface area contributed by atoms with Gasteiger partial charge in [0.15, 0.2) is 0 Å².